The van der Waals surface area contributed by atoms with Gasteiger partial charge in [0.2, 0.25) is 5.95 Å². The van der Waals surface area contributed by atoms with Crippen LogP contribution in [0.3, 0.4) is 0 Å². The van der Waals surface area contributed by atoms with Crippen molar-refractivity contribution in [3.8, 4) is 22.4 Å². The zero-order valence-corrected chi connectivity index (χ0v) is 16.9. The molecule has 0 unspecified atom stereocenters. The maximum Gasteiger partial charge on any atom is 0.251 e. The number of nitrogen functional groups attached to an aromatic ring is 1. The minimum Gasteiger partial charge on any atom is -0.383 e. The van der Waals surface area contributed by atoms with Crippen LogP contribution in [0.4, 0.5) is 15.9 Å². The van der Waals surface area contributed by atoms with Gasteiger partial charge in [0.1, 0.15) is 5.82 Å². The topological polar surface area (TPSA) is 93.4 Å². The van der Waals surface area contributed by atoms with Gasteiger partial charge in [-0.05, 0) is 41.8 Å². The number of amides is 1. The van der Waals surface area contributed by atoms with Crippen molar-refractivity contribution in [2.75, 3.05) is 43.5 Å². The molecule has 0 bridgehead atoms. The number of fused-ring (bicyclic) bond motifs is 1. The minimum atomic E-state index is -0.662. The summed E-state index contributed by atoms with van der Waals surface area (Å²) in [6, 6.07) is 10.9. The van der Waals surface area contributed by atoms with Gasteiger partial charge < -0.3 is 20.7 Å². The second kappa shape index (κ2) is 7.96. The largest absolute Gasteiger partial charge is 0.383 e. The van der Waals surface area contributed by atoms with Crippen LogP contribution in [-0.4, -0.2) is 48.7 Å². The Bertz CT molecular complexity index is 1140. The number of nitrogens with two attached hydrogens (primary N) is 1. The summed E-state index contributed by atoms with van der Waals surface area (Å²) in [6.45, 7) is 3.57. The Kier molecular flexibility index (Phi) is 4.99. The van der Waals surface area contributed by atoms with Gasteiger partial charge in [0, 0.05) is 30.8 Å². The summed E-state index contributed by atoms with van der Waals surface area (Å²) in [6.07, 6.45) is 2.48. The van der Waals surface area contributed by atoms with E-state index in [1.54, 1.807) is 24.4 Å². The smallest absolute Gasteiger partial charge is 0.251 e. The molecule has 7 nitrogen and oxygen atoms in total. The quantitative estimate of drug-likeness (QED) is 0.634. The second-order valence-electron chi connectivity index (χ2n) is 7.64. The molecule has 4 heterocycles. The number of carbonyl (C=O) groups excluding carboxylic acids is 1. The number of anilines is 2. The summed E-state index contributed by atoms with van der Waals surface area (Å²) in [7, 11) is 0. The van der Waals surface area contributed by atoms with E-state index in [9.17, 15) is 9.18 Å². The van der Waals surface area contributed by atoms with Crippen LogP contribution in [0.25, 0.3) is 22.4 Å². The zero-order chi connectivity index (χ0) is 21.4. The lowest BCUT2D eigenvalue weighted by atomic mass is 9.94. The molecule has 0 spiro atoms. The lowest BCUT2D eigenvalue weighted by Crippen LogP contribution is -2.36. The van der Waals surface area contributed by atoms with Gasteiger partial charge in [0.15, 0.2) is 0 Å². The number of hydrogen-bond acceptors (Lipinski definition) is 6. The first kappa shape index (κ1) is 19.4. The van der Waals surface area contributed by atoms with Gasteiger partial charge in [0.25, 0.3) is 5.91 Å². The highest BCUT2D eigenvalue weighted by Gasteiger charge is 2.19. The summed E-state index contributed by atoms with van der Waals surface area (Å²) in [5.74, 6) is -0.639. The molecule has 3 N–H and O–H groups in total. The molecule has 1 saturated heterocycles. The molecule has 0 aliphatic carbocycles. The SMILES string of the molecule is Nc1nc(F)c(-c2ccc(N3CCOCC3)cn2)cc1-c1ccc2c(c1)CCNC2=O. The standard InChI is InChI=1S/C23H22FN5O2/c24-21-19(20-4-2-16(13-27-20)29-7-9-31-10-8-29)12-18(22(25)28-21)14-1-3-17-15(11-14)5-6-26-23(17)30/h1-4,11-13H,5-10H2,(H2,25,28)(H,26,30). The Morgan fingerprint density at radius 2 is 1.90 bits per heavy atom. The molecule has 1 amide bonds. The summed E-state index contributed by atoms with van der Waals surface area (Å²) in [5.41, 5.74) is 10.8. The third kappa shape index (κ3) is 3.70. The molecule has 158 valence electrons. The van der Waals surface area contributed by atoms with Gasteiger partial charge in [-0.2, -0.15) is 4.39 Å². The molecule has 2 aliphatic rings. The van der Waals surface area contributed by atoms with Gasteiger partial charge in [-0.3, -0.25) is 9.78 Å². The van der Waals surface area contributed by atoms with E-state index in [4.69, 9.17) is 10.5 Å². The van der Waals surface area contributed by atoms with Crippen LogP contribution in [-0.2, 0) is 11.2 Å². The van der Waals surface area contributed by atoms with E-state index < -0.39 is 5.95 Å². The number of nitrogens with one attached hydrogen (secondary N) is 1. The number of benzene rings is 1. The second-order valence-corrected chi connectivity index (χ2v) is 7.64. The summed E-state index contributed by atoms with van der Waals surface area (Å²) in [4.78, 5) is 22.6. The lowest BCUT2D eigenvalue weighted by Gasteiger charge is -2.28. The highest BCUT2D eigenvalue weighted by atomic mass is 19.1. The maximum atomic E-state index is 14.7. The van der Waals surface area contributed by atoms with Crippen molar-refractivity contribution >= 4 is 17.4 Å². The molecule has 1 fully saturated rings. The number of morpholine rings is 1. The van der Waals surface area contributed by atoms with Crippen molar-refractivity contribution in [1.82, 2.24) is 15.3 Å². The molecule has 5 rings (SSSR count). The van der Waals surface area contributed by atoms with Crippen molar-refractivity contribution in [3.63, 3.8) is 0 Å². The third-order valence-electron chi connectivity index (χ3n) is 5.75. The van der Waals surface area contributed by atoms with Gasteiger partial charge >= 0.3 is 0 Å². The lowest BCUT2D eigenvalue weighted by molar-refractivity contribution is 0.0946. The molecule has 1 aromatic carbocycles. The molecule has 0 saturated carbocycles. The highest BCUT2D eigenvalue weighted by Crippen LogP contribution is 2.33. The van der Waals surface area contributed by atoms with E-state index in [1.165, 1.54) is 0 Å². The van der Waals surface area contributed by atoms with Gasteiger partial charge in [0.05, 0.1) is 36.4 Å². The van der Waals surface area contributed by atoms with Crippen LogP contribution >= 0.6 is 0 Å². The summed E-state index contributed by atoms with van der Waals surface area (Å²) in [5, 5.41) is 2.83. The van der Waals surface area contributed by atoms with Crippen LogP contribution in [0.15, 0.2) is 42.6 Å². The predicted octanol–water partition coefficient (Wildman–Crippen LogP) is 2.65. The third-order valence-corrected chi connectivity index (χ3v) is 5.75. The van der Waals surface area contributed by atoms with E-state index in [0.29, 0.717) is 36.6 Å². The fourth-order valence-electron chi connectivity index (χ4n) is 4.06. The molecule has 2 aromatic heterocycles. The van der Waals surface area contributed by atoms with E-state index in [1.807, 2.05) is 18.2 Å². The predicted molar refractivity (Wildman–Crippen MR) is 116 cm³/mol. The monoisotopic (exact) mass is 419 g/mol. The molecule has 2 aliphatic heterocycles. The first-order valence-corrected chi connectivity index (χ1v) is 10.3. The minimum absolute atomic E-state index is 0.0803. The molecule has 8 heteroatoms. The normalized spacial score (nSPS) is 16.0. The van der Waals surface area contributed by atoms with Crippen LogP contribution in [0.5, 0.6) is 0 Å². The molecular formula is C23H22FN5O2. The number of carbonyl (C=O) groups is 1. The number of ether oxygens (including phenoxy) is 1. The molecule has 3 aromatic rings. The Balaban J connectivity index is 1.50. The Labute approximate surface area is 179 Å². The van der Waals surface area contributed by atoms with Crippen LogP contribution < -0.4 is 16.0 Å². The number of halogens is 1. The van der Waals surface area contributed by atoms with E-state index in [0.717, 1.165) is 36.3 Å². The molecule has 0 radical (unpaired) electrons. The average molecular weight is 419 g/mol. The van der Waals surface area contributed by atoms with Crippen LogP contribution in [0, 0.1) is 5.95 Å². The Hall–Kier alpha value is -3.52. The molecular weight excluding hydrogens is 397 g/mol. The van der Waals surface area contributed by atoms with E-state index in [-0.39, 0.29) is 17.3 Å². The highest BCUT2D eigenvalue weighted by molar-refractivity contribution is 5.97. The first-order valence-electron chi connectivity index (χ1n) is 10.3. The van der Waals surface area contributed by atoms with Gasteiger partial charge in [-0.25, -0.2) is 4.98 Å². The van der Waals surface area contributed by atoms with E-state index >= 15 is 0 Å². The maximum absolute atomic E-state index is 14.7. The zero-order valence-electron chi connectivity index (χ0n) is 16.9. The van der Waals surface area contributed by atoms with Crippen molar-refractivity contribution < 1.29 is 13.9 Å². The van der Waals surface area contributed by atoms with Crippen molar-refractivity contribution in [1.29, 1.82) is 0 Å². The van der Waals surface area contributed by atoms with Gasteiger partial charge in [-0.15, -0.1) is 0 Å². The van der Waals surface area contributed by atoms with Crippen LogP contribution in [0.2, 0.25) is 0 Å². The first-order chi connectivity index (χ1) is 15.1. The molecule has 31 heavy (non-hydrogen) atoms. The number of pyridine rings is 2. The number of aromatic nitrogens is 2. The Morgan fingerprint density at radius 3 is 2.68 bits per heavy atom. The fourth-order valence-corrected chi connectivity index (χ4v) is 4.06. The molecule has 0 atom stereocenters. The van der Waals surface area contributed by atoms with Gasteiger partial charge in [-0.1, -0.05) is 12.1 Å². The van der Waals surface area contributed by atoms with Crippen molar-refractivity contribution in [2.24, 2.45) is 0 Å². The van der Waals surface area contributed by atoms with Crippen LogP contribution in [0.1, 0.15) is 15.9 Å². The average Bonchev–Trinajstić information content (AvgIpc) is 2.80. The van der Waals surface area contributed by atoms with E-state index in [2.05, 4.69) is 20.2 Å². The number of rotatable bonds is 3. The van der Waals surface area contributed by atoms with Crippen molar-refractivity contribution in [2.45, 2.75) is 6.42 Å². The fraction of sp³-hybridized carbons (Fsp3) is 0.261. The summed E-state index contributed by atoms with van der Waals surface area (Å²) < 4.78 is 20.1. The number of nitrogens with zero attached hydrogens (tertiary/aromatic N) is 3. The van der Waals surface area contributed by atoms with Crippen molar-refractivity contribution in [3.05, 3.63) is 59.7 Å². The Morgan fingerprint density at radius 1 is 1.06 bits per heavy atom. The summed E-state index contributed by atoms with van der Waals surface area (Å²) >= 11 is 0. The number of hydrogen-bond donors (Lipinski definition) is 2.